The first-order chi connectivity index (χ1) is 7.04. The summed E-state index contributed by atoms with van der Waals surface area (Å²) in [6.45, 7) is 3.83. The lowest BCUT2D eigenvalue weighted by Gasteiger charge is -2.14. The van der Waals surface area contributed by atoms with Gasteiger partial charge in [0.15, 0.2) is 0 Å². The number of carboxylic acid groups (broad SMARTS) is 1. The molecule has 0 aliphatic rings. The third-order valence-electron chi connectivity index (χ3n) is 2.22. The van der Waals surface area contributed by atoms with Gasteiger partial charge < -0.3 is 10.4 Å². The lowest BCUT2D eigenvalue weighted by Crippen LogP contribution is -2.28. The summed E-state index contributed by atoms with van der Waals surface area (Å²) in [7, 11) is 0. The summed E-state index contributed by atoms with van der Waals surface area (Å²) in [4.78, 5) is 10.8. The molecule has 82 valence electrons. The molecule has 1 unspecified atom stereocenters. The third-order valence-corrected chi connectivity index (χ3v) is 3.07. The maximum absolute atomic E-state index is 10.8. The predicted molar refractivity (Wildman–Crippen MR) is 64.2 cm³/mol. The SMILES string of the molecule is CCC(Nc1ccc(C)c(Br)c1)C(=O)O. The van der Waals surface area contributed by atoms with E-state index in [9.17, 15) is 4.79 Å². The lowest BCUT2D eigenvalue weighted by molar-refractivity contribution is -0.137. The van der Waals surface area contributed by atoms with Gasteiger partial charge in [-0.1, -0.05) is 28.9 Å². The van der Waals surface area contributed by atoms with E-state index in [1.165, 1.54) is 0 Å². The number of rotatable bonds is 4. The van der Waals surface area contributed by atoms with Crippen LogP contribution < -0.4 is 5.32 Å². The van der Waals surface area contributed by atoms with Crippen molar-refractivity contribution in [2.24, 2.45) is 0 Å². The van der Waals surface area contributed by atoms with Crippen molar-refractivity contribution >= 4 is 27.6 Å². The van der Waals surface area contributed by atoms with Gasteiger partial charge in [-0.25, -0.2) is 4.79 Å². The van der Waals surface area contributed by atoms with Gasteiger partial charge in [-0.2, -0.15) is 0 Å². The second kappa shape index (κ2) is 5.16. The Bertz CT molecular complexity index is 366. The number of anilines is 1. The first kappa shape index (κ1) is 12.0. The van der Waals surface area contributed by atoms with E-state index in [1.807, 2.05) is 32.0 Å². The average molecular weight is 272 g/mol. The highest BCUT2D eigenvalue weighted by atomic mass is 79.9. The summed E-state index contributed by atoms with van der Waals surface area (Å²) in [5.74, 6) is -0.825. The van der Waals surface area contributed by atoms with E-state index in [2.05, 4.69) is 21.2 Å². The van der Waals surface area contributed by atoms with Crippen molar-refractivity contribution in [2.45, 2.75) is 26.3 Å². The molecule has 0 bridgehead atoms. The quantitative estimate of drug-likeness (QED) is 0.885. The van der Waals surface area contributed by atoms with Crippen LogP contribution in [0.25, 0.3) is 0 Å². The van der Waals surface area contributed by atoms with Crippen molar-refractivity contribution in [2.75, 3.05) is 5.32 Å². The minimum absolute atomic E-state index is 0.528. The fourth-order valence-corrected chi connectivity index (χ4v) is 1.60. The van der Waals surface area contributed by atoms with Gasteiger partial charge in [-0.3, -0.25) is 0 Å². The van der Waals surface area contributed by atoms with E-state index in [4.69, 9.17) is 5.11 Å². The monoisotopic (exact) mass is 271 g/mol. The largest absolute Gasteiger partial charge is 0.480 e. The number of aryl methyl sites for hydroxylation is 1. The summed E-state index contributed by atoms with van der Waals surface area (Å²) in [6.07, 6.45) is 0.556. The minimum Gasteiger partial charge on any atom is -0.480 e. The first-order valence-electron chi connectivity index (χ1n) is 4.80. The highest BCUT2D eigenvalue weighted by Crippen LogP contribution is 2.21. The molecule has 0 aromatic heterocycles. The molecule has 1 atom stereocenters. The molecule has 2 N–H and O–H groups in total. The van der Waals surface area contributed by atoms with Crippen LogP contribution in [0, 0.1) is 6.92 Å². The highest BCUT2D eigenvalue weighted by Gasteiger charge is 2.14. The summed E-state index contributed by atoms with van der Waals surface area (Å²) in [6, 6.07) is 5.19. The van der Waals surface area contributed by atoms with Crippen molar-refractivity contribution in [3.63, 3.8) is 0 Å². The van der Waals surface area contributed by atoms with E-state index >= 15 is 0 Å². The molecule has 1 aromatic carbocycles. The van der Waals surface area contributed by atoms with Crippen LogP contribution in [0.4, 0.5) is 5.69 Å². The molecule has 0 saturated heterocycles. The van der Waals surface area contributed by atoms with Crippen LogP contribution in [0.15, 0.2) is 22.7 Å². The Hall–Kier alpha value is -1.03. The van der Waals surface area contributed by atoms with Gasteiger partial charge in [0, 0.05) is 10.2 Å². The van der Waals surface area contributed by atoms with Crippen molar-refractivity contribution < 1.29 is 9.90 Å². The number of carbonyl (C=O) groups is 1. The zero-order valence-electron chi connectivity index (χ0n) is 8.75. The number of hydrogen-bond donors (Lipinski definition) is 2. The topological polar surface area (TPSA) is 49.3 Å². The molecule has 0 heterocycles. The molecule has 15 heavy (non-hydrogen) atoms. The number of hydrogen-bond acceptors (Lipinski definition) is 2. The molecule has 0 aliphatic carbocycles. The second-order valence-corrected chi connectivity index (χ2v) is 4.26. The number of aliphatic carboxylic acids is 1. The molecule has 1 aromatic rings. The van der Waals surface area contributed by atoms with Gasteiger partial charge in [0.05, 0.1) is 0 Å². The number of carboxylic acids is 1. The van der Waals surface area contributed by atoms with E-state index in [0.29, 0.717) is 6.42 Å². The number of nitrogens with one attached hydrogen (secondary N) is 1. The number of halogens is 1. The van der Waals surface area contributed by atoms with Gasteiger partial charge in [-0.05, 0) is 31.0 Å². The van der Waals surface area contributed by atoms with Crippen LogP contribution in [-0.2, 0) is 4.79 Å². The molecule has 3 nitrogen and oxygen atoms in total. The van der Waals surface area contributed by atoms with Crippen molar-refractivity contribution in [1.82, 2.24) is 0 Å². The third kappa shape index (κ3) is 3.23. The van der Waals surface area contributed by atoms with E-state index in [-0.39, 0.29) is 0 Å². The van der Waals surface area contributed by atoms with Crippen LogP contribution >= 0.6 is 15.9 Å². The fraction of sp³-hybridized carbons (Fsp3) is 0.364. The van der Waals surface area contributed by atoms with Crippen molar-refractivity contribution in [1.29, 1.82) is 0 Å². The van der Waals surface area contributed by atoms with E-state index in [0.717, 1.165) is 15.7 Å². The fourth-order valence-electron chi connectivity index (χ4n) is 1.22. The minimum atomic E-state index is -0.825. The smallest absolute Gasteiger partial charge is 0.326 e. The van der Waals surface area contributed by atoms with Gasteiger partial charge in [0.25, 0.3) is 0 Å². The Kier molecular flexibility index (Phi) is 4.15. The molecule has 0 saturated carbocycles. The maximum Gasteiger partial charge on any atom is 0.326 e. The second-order valence-electron chi connectivity index (χ2n) is 3.41. The van der Waals surface area contributed by atoms with Crippen molar-refractivity contribution in [3.05, 3.63) is 28.2 Å². The molecule has 0 radical (unpaired) electrons. The first-order valence-corrected chi connectivity index (χ1v) is 5.59. The Labute approximate surface area is 97.6 Å². The zero-order chi connectivity index (χ0) is 11.4. The Morgan fingerprint density at radius 2 is 2.27 bits per heavy atom. The van der Waals surface area contributed by atoms with Gasteiger partial charge in [-0.15, -0.1) is 0 Å². The normalized spacial score (nSPS) is 12.2. The lowest BCUT2D eigenvalue weighted by atomic mass is 10.2. The molecule has 0 fully saturated rings. The highest BCUT2D eigenvalue weighted by molar-refractivity contribution is 9.10. The van der Waals surface area contributed by atoms with Crippen LogP contribution in [0.1, 0.15) is 18.9 Å². The Balaban J connectivity index is 2.80. The Morgan fingerprint density at radius 1 is 1.60 bits per heavy atom. The van der Waals surface area contributed by atoms with Crippen LogP contribution in [0.2, 0.25) is 0 Å². The zero-order valence-corrected chi connectivity index (χ0v) is 10.3. The van der Waals surface area contributed by atoms with Crippen LogP contribution in [-0.4, -0.2) is 17.1 Å². The molecule has 4 heteroatoms. The number of benzene rings is 1. The summed E-state index contributed by atoms with van der Waals surface area (Å²) < 4.78 is 0.979. The van der Waals surface area contributed by atoms with Crippen LogP contribution in [0.5, 0.6) is 0 Å². The maximum atomic E-state index is 10.8. The van der Waals surface area contributed by atoms with E-state index in [1.54, 1.807) is 0 Å². The molecule has 1 rings (SSSR count). The molecule has 0 aliphatic heterocycles. The standard InChI is InChI=1S/C11H14BrNO2/c1-3-10(11(14)15)13-8-5-4-7(2)9(12)6-8/h4-6,10,13H,3H2,1-2H3,(H,14,15). The molecular weight excluding hydrogens is 258 g/mol. The van der Waals surface area contributed by atoms with Crippen LogP contribution in [0.3, 0.4) is 0 Å². The van der Waals surface area contributed by atoms with Gasteiger partial charge in [0.1, 0.15) is 6.04 Å². The molecule has 0 spiro atoms. The summed E-state index contributed by atoms with van der Waals surface area (Å²) in [5.41, 5.74) is 1.95. The summed E-state index contributed by atoms with van der Waals surface area (Å²) in [5, 5.41) is 11.9. The molecular formula is C11H14BrNO2. The summed E-state index contributed by atoms with van der Waals surface area (Å²) >= 11 is 3.41. The average Bonchev–Trinajstić information content (AvgIpc) is 2.19. The van der Waals surface area contributed by atoms with Crippen molar-refractivity contribution in [3.8, 4) is 0 Å². The Morgan fingerprint density at radius 3 is 2.73 bits per heavy atom. The van der Waals surface area contributed by atoms with E-state index < -0.39 is 12.0 Å². The van der Waals surface area contributed by atoms with Gasteiger partial charge >= 0.3 is 5.97 Å². The van der Waals surface area contributed by atoms with Gasteiger partial charge in [0.2, 0.25) is 0 Å². The molecule has 0 amide bonds. The predicted octanol–water partition coefficient (Wildman–Crippen LogP) is 3.03.